The van der Waals surface area contributed by atoms with Crippen molar-refractivity contribution in [2.45, 2.75) is 17.7 Å². The quantitative estimate of drug-likeness (QED) is 0.207. The fraction of sp³-hybridized carbons (Fsp3) is 0.250. The molecule has 0 aromatic heterocycles. The maximum atomic E-state index is 12.4. The van der Waals surface area contributed by atoms with Crippen molar-refractivity contribution in [1.82, 2.24) is 15.5 Å². The Bertz CT molecular complexity index is 1210. The van der Waals surface area contributed by atoms with Crippen LogP contribution in [0.4, 0.5) is 10.5 Å². The number of non-ortho nitro benzene ring substituents is 1. The zero-order chi connectivity index (χ0) is 24.2. The van der Waals surface area contributed by atoms with Crippen molar-refractivity contribution >= 4 is 33.6 Å². The Morgan fingerprint density at radius 3 is 2.27 bits per heavy atom. The van der Waals surface area contributed by atoms with Crippen molar-refractivity contribution in [3.63, 3.8) is 0 Å². The Balaban J connectivity index is 1.39. The highest BCUT2D eigenvalue weighted by atomic mass is 32.2. The molecule has 1 heterocycles. The van der Waals surface area contributed by atoms with E-state index >= 15 is 0 Å². The van der Waals surface area contributed by atoms with Crippen LogP contribution in [0.1, 0.15) is 32.7 Å². The lowest BCUT2D eigenvalue weighted by molar-refractivity contribution is -0.384. The first-order valence-electron chi connectivity index (χ1n) is 9.86. The van der Waals surface area contributed by atoms with Crippen LogP contribution < -0.4 is 15.8 Å². The molecule has 0 fully saturated rings. The summed E-state index contributed by atoms with van der Waals surface area (Å²) in [5.74, 6) is -1.13. The molecule has 4 N–H and O–H groups in total. The van der Waals surface area contributed by atoms with Gasteiger partial charge in [0, 0.05) is 31.8 Å². The fourth-order valence-corrected chi connectivity index (χ4v) is 3.78. The molecule has 2 aromatic rings. The van der Waals surface area contributed by atoms with E-state index in [0.717, 1.165) is 16.5 Å². The lowest BCUT2D eigenvalue weighted by Gasteiger charge is -2.14. The number of amides is 4. The number of imide groups is 1. The molecule has 0 unspecified atom stereocenters. The van der Waals surface area contributed by atoms with Gasteiger partial charge in [-0.25, -0.2) is 18.4 Å². The lowest BCUT2D eigenvalue weighted by Crippen LogP contribution is -2.38. The number of rotatable bonds is 9. The van der Waals surface area contributed by atoms with Crippen LogP contribution in [0.15, 0.2) is 47.4 Å². The van der Waals surface area contributed by atoms with Gasteiger partial charge in [0.05, 0.1) is 20.9 Å². The summed E-state index contributed by atoms with van der Waals surface area (Å²) in [6, 6.07) is 9.09. The average molecular weight is 475 g/mol. The van der Waals surface area contributed by atoms with Gasteiger partial charge < -0.3 is 10.6 Å². The lowest BCUT2D eigenvalue weighted by atomic mass is 10.1. The highest BCUT2D eigenvalue weighted by Crippen LogP contribution is 2.26. The summed E-state index contributed by atoms with van der Waals surface area (Å²) in [4.78, 5) is 47.9. The van der Waals surface area contributed by atoms with Gasteiger partial charge in [0.2, 0.25) is 10.0 Å². The molecular weight excluding hydrogens is 454 g/mol. The predicted molar refractivity (Wildman–Crippen MR) is 116 cm³/mol. The zero-order valence-corrected chi connectivity index (χ0v) is 18.1. The molecule has 0 radical (unpaired) electrons. The molecule has 3 rings (SSSR count). The number of hydrogen-bond acceptors (Lipinski definition) is 7. The van der Waals surface area contributed by atoms with E-state index in [0.29, 0.717) is 19.4 Å². The number of nitrogens with zero attached hydrogens (tertiary/aromatic N) is 2. The van der Waals surface area contributed by atoms with Gasteiger partial charge in [0.25, 0.3) is 17.5 Å². The van der Waals surface area contributed by atoms with E-state index in [1.807, 2.05) is 0 Å². The fourth-order valence-electron chi connectivity index (χ4n) is 3.26. The Hall–Kier alpha value is -3.84. The molecule has 12 nitrogen and oxygen atoms in total. The van der Waals surface area contributed by atoms with Gasteiger partial charge >= 0.3 is 6.03 Å². The highest BCUT2D eigenvalue weighted by molar-refractivity contribution is 7.89. The first-order chi connectivity index (χ1) is 15.6. The second-order valence-electron chi connectivity index (χ2n) is 7.22. The van der Waals surface area contributed by atoms with Crippen LogP contribution in [0.2, 0.25) is 0 Å². The van der Waals surface area contributed by atoms with E-state index < -0.39 is 32.8 Å². The van der Waals surface area contributed by atoms with Crippen molar-refractivity contribution in [3.05, 3.63) is 69.3 Å². The van der Waals surface area contributed by atoms with Crippen LogP contribution >= 0.6 is 0 Å². The number of nitro groups is 1. The standard InChI is InChI=1S/C20H21N5O7S/c21-33(31,32)15-5-2-13(3-6-15)8-10-23-20(28)22-9-1-11-24-18(26)16-7-4-14(25(29)30)12-17(16)19(24)27/h2-7,12H,1,8-11H2,(H2,21,31,32)(H2,22,23,28). The molecule has 0 saturated heterocycles. The third-order valence-electron chi connectivity index (χ3n) is 4.96. The number of carbonyl (C=O) groups is 3. The SMILES string of the molecule is NS(=O)(=O)c1ccc(CCNC(=O)NCCCN2C(=O)c3ccc([N+](=O)[O-])cc3C2=O)cc1. The number of sulfonamides is 1. The monoisotopic (exact) mass is 475 g/mol. The molecule has 0 saturated carbocycles. The Kier molecular flexibility index (Phi) is 7.04. The molecule has 0 aliphatic carbocycles. The minimum atomic E-state index is -3.75. The topological polar surface area (TPSA) is 182 Å². The van der Waals surface area contributed by atoms with Gasteiger partial charge in [0.1, 0.15) is 0 Å². The molecule has 0 spiro atoms. The van der Waals surface area contributed by atoms with Crippen molar-refractivity contribution in [2.75, 3.05) is 19.6 Å². The smallest absolute Gasteiger partial charge is 0.314 e. The number of primary sulfonamides is 1. The van der Waals surface area contributed by atoms with E-state index in [-0.39, 0.29) is 34.8 Å². The van der Waals surface area contributed by atoms with E-state index in [2.05, 4.69) is 10.6 Å². The number of nitro benzene ring substituents is 1. The molecule has 4 amide bonds. The van der Waals surface area contributed by atoms with Crippen molar-refractivity contribution in [2.24, 2.45) is 5.14 Å². The molecule has 0 bridgehead atoms. The highest BCUT2D eigenvalue weighted by Gasteiger charge is 2.36. The van der Waals surface area contributed by atoms with Gasteiger partial charge in [-0.15, -0.1) is 0 Å². The summed E-state index contributed by atoms with van der Waals surface area (Å²) >= 11 is 0. The molecule has 13 heteroatoms. The third kappa shape index (κ3) is 5.70. The summed E-state index contributed by atoms with van der Waals surface area (Å²) < 4.78 is 22.5. The Labute approximate surface area is 188 Å². The summed E-state index contributed by atoms with van der Waals surface area (Å²) in [6.07, 6.45) is 0.773. The molecule has 33 heavy (non-hydrogen) atoms. The molecule has 174 valence electrons. The van der Waals surface area contributed by atoms with Crippen molar-refractivity contribution in [3.8, 4) is 0 Å². The van der Waals surface area contributed by atoms with Crippen LogP contribution in [-0.2, 0) is 16.4 Å². The maximum absolute atomic E-state index is 12.4. The molecular formula is C20H21N5O7S. The maximum Gasteiger partial charge on any atom is 0.314 e. The number of nitrogens with two attached hydrogens (primary N) is 1. The summed E-state index contributed by atoms with van der Waals surface area (Å²) in [7, 11) is -3.75. The van der Waals surface area contributed by atoms with E-state index in [9.17, 15) is 32.9 Å². The first-order valence-corrected chi connectivity index (χ1v) is 11.4. The summed E-state index contributed by atoms with van der Waals surface area (Å²) in [5, 5.41) is 21.2. The molecule has 1 aliphatic heterocycles. The number of hydrogen-bond donors (Lipinski definition) is 3. The van der Waals surface area contributed by atoms with E-state index in [1.165, 1.54) is 24.3 Å². The second-order valence-corrected chi connectivity index (χ2v) is 8.79. The second kappa shape index (κ2) is 9.75. The number of urea groups is 1. The van der Waals surface area contributed by atoms with E-state index in [4.69, 9.17) is 5.14 Å². The van der Waals surface area contributed by atoms with Crippen molar-refractivity contribution < 1.29 is 27.7 Å². The van der Waals surface area contributed by atoms with Crippen LogP contribution in [0, 0.1) is 10.1 Å². The van der Waals surface area contributed by atoms with Gasteiger partial charge in [-0.3, -0.25) is 24.6 Å². The Morgan fingerprint density at radius 1 is 1.00 bits per heavy atom. The number of nitrogens with one attached hydrogen (secondary N) is 2. The molecule has 2 aromatic carbocycles. The Morgan fingerprint density at radius 2 is 1.64 bits per heavy atom. The van der Waals surface area contributed by atoms with Gasteiger partial charge in [-0.05, 0) is 36.6 Å². The van der Waals surface area contributed by atoms with E-state index in [1.54, 1.807) is 12.1 Å². The predicted octanol–water partition coefficient (Wildman–Crippen LogP) is 0.770. The van der Waals surface area contributed by atoms with Gasteiger partial charge in [-0.1, -0.05) is 12.1 Å². The summed E-state index contributed by atoms with van der Waals surface area (Å²) in [6.45, 7) is 0.553. The largest absolute Gasteiger partial charge is 0.338 e. The summed E-state index contributed by atoms with van der Waals surface area (Å²) in [5.41, 5.74) is 0.661. The van der Waals surface area contributed by atoms with Crippen LogP contribution in [0.3, 0.4) is 0 Å². The average Bonchev–Trinajstić information content (AvgIpc) is 3.00. The molecule has 0 atom stereocenters. The number of fused-ring (bicyclic) bond motifs is 1. The number of carbonyl (C=O) groups excluding carboxylic acids is 3. The number of benzene rings is 2. The van der Waals surface area contributed by atoms with Crippen LogP contribution in [0.5, 0.6) is 0 Å². The minimum Gasteiger partial charge on any atom is -0.338 e. The third-order valence-corrected chi connectivity index (χ3v) is 5.89. The normalized spacial score (nSPS) is 13.1. The minimum absolute atomic E-state index is 0.00278. The van der Waals surface area contributed by atoms with Gasteiger partial charge in [-0.2, -0.15) is 0 Å². The van der Waals surface area contributed by atoms with Crippen molar-refractivity contribution in [1.29, 1.82) is 0 Å². The zero-order valence-electron chi connectivity index (χ0n) is 17.3. The van der Waals surface area contributed by atoms with Gasteiger partial charge in [0.15, 0.2) is 0 Å². The van der Waals surface area contributed by atoms with Crippen LogP contribution in [0.25, 0.3) is 0 Å². The van der Waals surface area contributed by atoms with Crippen LogP contribution in [-0.4, -0.2) is 55.7 Å². The molecule has 1 aliphatic rings. The first kappa shape index (κ1) is 23.8.